The fraction of sp³-hybridized carbons (Fsp3) is 0.188. The zero-order valence-electron chi connectivity index (χ0n) is 11.1. The number of benzene rings is 2. The van der Waals surface area contributed by atoms with E-state index in [9.17, 15) is 4.79 Å². The zero-order chi connectivity index (χ0) is 13.7. The third-order valence-electron chi connectivity index (χ3n) is 2.88. The van der Waals surface area contributed by atoms with Crippen LogP contribution in [0.15, 0.2) is 60.7 Å². The molecule has 0 saturated carbocycles. The fourth-order valence-electron chi connectivity index (χ4n) is 1.81. The summed E-state index contributed by atoms with van der Waals surface area (Å²) in [4.78, 5) is 13.9. The number of nitrogens with zero attached hydrogens (tertiary/aromatic N) is 1. The van der Waals surface area contributed by atoms with Gasteiger partial charge in [-0.15, -0.1) is 0 Å². The molecule has 0 aromatic heterocycles. The summed E-state index contributed by atoms with van der Waals surface area (Å²) in [6.45, 7) is 1.76. The molecule has 0 fully saturated rings. The topological polar surface area (TPSA) is 29.5 Å². The predicted octanol–water partition coefficient (Wildman–Crippen LogP) is 3.12. The monoisotopic (exact) mass is 255 g/mol. The number of likely N-dealkylation sites (N-methyl/N-ethyl adjacent to an activating group) is 1. The largest absolute Gasteiger partial charge is 0.481 e. The molecule has 2 aromatic carbocycles. The minimum Gasteiger partial charge on any atom is -0.481 e. The molecule has 0 aliphatic heterocycles. The van der Waals surface area contributed by atoms with E-state index in [-0.39, 0.29) is 5.91 Å². The van der Waals surface area contributed by atoms with Gasteiger partial charge in [0, 0.05) is 12.7 Å². The highest BCUT2D eigenvalue weighted by molar-refractivity contribution is 5.95. The summed E-state index contributed by atoms with van der Waals surface area (Å²) in [7, 11) is 1.75. The van der Waals surface area contributed by atoms with Crippen molar-refractivity contribution in [2.75, 3.05) is 11.9 Å². The summed E-state index contributed by atoms with van der Waals surface area (Å²) >= 11 is 0. The summed E-state index contributed by atoms with van der Waals surface area (Å²) in [6, 6.07) is 18.9. The second kappa shape index (κ2) is 6.05. The van der Waals surface area contributed by atoms with Crippen LogP contribution in [0.2, 0.25) is 0 Å². The highest BCUT2D eigenvalue weighted by Gasteiger charge is 2.20. The van der Waals surface area contributed by atoms with E-state index in [1.165, 1.54) is 0 Å². The van der Waals surface area contributed by atoms with Crippen LogP contribution >= 0.6 is 0 Å². The summed E-state index contributed by atoms with van der Waals surface area (Å²) in [5.74, 6) is 0.625. The summed E-state index contributed by atoms with van der Waals surface area (Å²) < 4.78 is 5.63. The first-order valence-electron chi connectivity index (χ1n) is 6.23. The molecule has 98 valence electrons. The molecule has 0 aliphatic rings. The van der Waals surface area contributed by atoms with E-state index >= 15 is 0 Å². The average molecular weight is 255 g/mol. The Morgan fingerprint density at radius 1 is 1.00 bits per heavy atom. The van der Waals surface area contributed by atoms with Gasteiger partial charge in [-0.1, -0.05) is 36.4 Å². The van der Waals surface area contributed by atoms with Gasteiger partial charge in [0.1, 0.15) is 5.75 Å². The number of para-hydroxylation sites is 2. The van der Waals surface area contributed by atoms with Gasteiger partial charge >= 0.3 is 0 Å². The number of ether oxygens (including phenoxy) is 1. The van der Waals surface area contributed by atoms with Crippen LogP contribution in [0.1, 0.15) is 6.92 Å². The average Bonchev–Trinajstić information content (AvgIpc) is 2.47. The third kappa shape index (κ3) is 3.35. The van der Waals surface area contributed by atoms with Crippen molar-refractivity contribution < 1.29 is 9.53 Å². The molecule has 0 radical (unpaired) electrons. The van der Waals surface area contributed by atoms with Gasteiger partial charge in [0.15, 0.2) is 6.10 Å². The van der Waals surface area contributed by atoms with Gasteiger partial charge in [-0.05, 0) is 31.2 Å². The van der Waals surface area contributed by atoms with E-state index in [0.717, 1.165) is 5.69 Å². The molecule has 0 heterocycles. The Labute approximate surface area is 113 Å². The second-order valence-electron chi connectivity index (χ2n) is 4.31. The van der Waals surface area contributed by atoms with E-state index in [1.54, 1.807) is 18.9 Å². The lowest BCUT2D eigenvalue weighted by Crippen LogP contribution is -2.37. The Kier molecular flexibility index (Phi) is 4.18. The van der Waals surface area contributed by atoms with Crippen LogP contribution in [0.4, 0.5) is 5.69 Å². The molecule has 2 rings (SSSR count). The Balaban J connectivity index is 2.03. The normalized spacial score (nSPS) is 11.7. The van der Waals surface area contributed by atoms with Crippen LogP contribution in [0.25, 0.3) is 0 Å². The molecule has 3 heteroatoms. The van der Waals surface area contributed by atoms with Crippen molar-refractivity contribution in [3.63, 3.8) is 0 Å². The van der Waals surface area contributed by atoms with Gasteiger partial charge < -0.3 is 9.64 Å². The molecule has 0 saturated heterocycles. The highest BCUT2D eigenvalue weighted by atomic mass is 16.5. The number of rotatable bonds is 4. The molecule has 0 bridgehead atoms. The number of carbonyl (C=O) groups is 1. The Morgan fingerprint density at radius 3 is 2.11 bits per heavy atom. The van der Waals surface area contributed by atoms with Gasteiger partial charge in [-0.25, -0.2) is 0 Å². The number of carbonyl (C=O) groups excluding carboxylic acids is 1. The van der Waals surface area contributed by atoms with Crippen LogP contribution in [0.5, 0.6) is 5.75 Å². The maximum Gasteiger partial charge on any atom is 0.267 e. The van der Waals surface area contributed by atoms with Crippen molar-refractivity contribution in [3.8, 4) is 5.75 Å². The first-order valence-corrected chi connectivity index (χ1v) is 6.23. The minimum atomic E-state index is -0.521. The van der Waals surface area contributed by atoms with Crippen LogP contribution in [0.3, 0.4) is 0 Å². The van der Waals surface area contributed by atoms with Crippen molar-refractivity contribution in [1.29, 1.82) is 0 Å². The summed E-state index contributed by atoms with van der Waals surface area (Å²) in [6.07, 6.45) is -0.521. The first-order chi connectivity index (χ1) is 9.18. The molecule has 0 aliphatic carbocycles. The minimum absolute atomic E-state index is 0.0740. The standard InChI is InChI=1S/C16H17NO2/c1-13(19-15-11-7-4-8-12-15)16(18)17(2)14-9-5-3-6-10-14/h3-13H,1-2H3. The smallest absolute Gasteiger partial charge is 0.267 e. The quantitative estimate of drug-likeness (QED) is 0.840. The van der Waals surface area contributed by atoms with Crippen LogP contribution in [0, 0.1) is 0 Å². The molecule has 1 amide bonds. The Morgan fingerprint density at radius 2 is 1.53 bits per heavy atom. The van der Waals surface area contributed by atoms with Crippen molar-refractivity contribution >= 4 is 11.6 Å². The molecule has 19 heavy (non-hydrogen) atoms. The molecule has 2 aromatic rings. The Bertz CT molecular complexity index is 525. The molecular formula is C16H17NO2. The number of anilines is 1. The molecule has 1 atom stereocenters. The molecular weight excluding hydrogens is 238 g/mol. The van der Waals surface area contributed by atoms with Gasteiger partial charge in [-0.2, -0.15) is 0 Å². The molecule has 0 N–H and O–H groups in total. The van der Waals surface area contributed by atoms with Gasteiger partial charge in [0.2, 0.25) is 0 Å². The van der Waals surface area contributed by atoms with Gasteiger partial charge in [-0.3, -0.25) is 4.79 Å². The van der Waals surface area contributed by atoms with Gasteiger partial charge in [0.25, 0.3) is 5.91 Å². The van der Waals surface area contributed by atoms with E-state index in [4.69, 9.17) is 4.74 Å². The van der Waals surface area contributed by atoms with Crippen molar-refractivity contribution in [1.82, 2.24) is 0 Å². The maximum absolute atomic E-state index is 12.2. The van der Waals surface area contributed by atoms with E-state index in [0.29, 0.717) is 5.75 Å². The lowest BCUT2D eigenvalue weighted by atomic mass is 10.2. The Hall–Kier alpha value is -2.29. The van der Waals surface area contributed by atoms with Gasteiger partial charge in [0.05, 0.1) is 0 Å². The van der Waals surface area contributed by atoms with Crippen LogP contribution in [-0.2, 0) is 4.79 Å². The zero-order valence-corrected chi connectivity index (χ0v) is 11.1. The van der Waals surface area contributed by atoms with Crippen molar-refractivity contribution in [2.45, 2.75) is 13.0 Å². The number of hydrogen-bond donors (Lipinski definition) is 0. The SMILES string of the molecule is CC(Oc1ccccc1)C(=O)N(C)c1ccccc1. The van der Waals surface area contributed by atoms with Crippen molar-refractivity contribution in [2.24, 2.45) is 0 Å². The number of amides is 1. The lowest BCUT2D eigenvalue weighted by molar-refractivity contribution is -0.124. The van der Waals surface area contributed by atoms with E-state index in [2.05, 4.69) is 0 Å². The van der Waals surface area contributed by atoms with Crippen LogP contribution in [-0.4, -0.2) is 19.1 Å². The van der Waals surface area contributed by atoms with E-state index < -0.39 is 6.10 Å². The van der Waals surface area contributed by atoms with E-state index in [1.807, 2.05) is 60.7 Å². The second-order valence-corrected chi connectivity index (χ2v) is 4.31. The molecule has 1 unspecified atom stereocenters. The lowest BCUT2D eigenvalue weighted by Gasteiger charge is -2.22. The maximum atomic E-state index is 12.2. The summed E-state index contributed by atoms with van der Waals surface area (Å²) in [5.41, 5.74) is 0.857. The first kappa shape index (κ1) is 13.1. The third-order valence-corrected chi connectivity index (χ3v) is 2.88. The van der Waals surface area contributed by atoms with Crippen LogP contribution < -0.4 is 9.64 Å². The number of hydrogen-bond acceptors (Lipinski definition) is 2. The molecule has 0 spiro atoms. The fourth-order valence-corrected chi connectivity index (χ4v) is 1.81. The van der Waals surface area contributed by atoms with Crippen molar-refractivity contribution in [3.05, 3.63) is 60.7 Å². The predicted molar refractivity (Wildman–Crippen MR) is 76.4 cm³/mol. The summed E-state index contributed by atoms with van der Waals surface area (Å²) in [5, 5.41) is 0. The molecule has 3 nitrogen and oxygen atoms in total. The highest BCUT2D eigenvalue weighted by Crippen LogP contribution is 2.15.